The Balaban J connectivity index is 2.00. The van der Waals surface area contributed by atoms with Gasteiger partial charge in [0.1, 0.15) is 0 Å². The largest absolute Gasteiger partial charge is 0.272 e. The molecule has 1 aromatic rings. The van der Waals surface area contributed by atoms with Crippen LogP contribution in [0, 0.1) is 0 Å². The number of carbonyl (C=O) groups excluding carboxylic acids is 2. The van der Waals surface area contributed by atoms with E-state index in [4.69, 9.17) is 0 Å². The lowest BCUT2D eigenvalue weighted by Gasteiger charge is -2.23. The third-order valence-electron chi connectivity index (χ3n) is 3.78. The molecule has 3 heteroatoms. The number of carbonyl (C=O) groups is 2. The standard InChI is InChI=1S/C16H19NO2/c1-11(9-10-14-7-5-4-6-8-14)17-15(18)12(2)13(3)16(17)19/h4-8,11H,9-10H2,1-3H3/t11-/m0/s1. The lowest BCUT2D eigenvalue weighted by molar-refractivity contribution is -0.140. The molecule has 0 saturated heterocycles. The van der Waals surface area contributed by atoms with Gasteiger partial charge in [-0.05, 0) is 39.2 Å². The highest BCUT2D eigenvalue weighted by Gasteiger charge is 2.36. The first-order chi connectivity index (χ1) is 9.02. The zero-order valence-electron chi connectivity index (χ0n) is 11.6. The van der Waals surface area contributed by atoms with Crippen molar-refractivity contribution in [2.45, 2.75) is 39.7 Å². The van der Waals surface area contributed by atoms with Gasteiger partial charge in [-0.2, -0.15) is 0 Å². The zero-order chi connectivity index (χ0) is 14.0. The molecule has 1 aromatic carbocycles. The van der Waals surface area contributed by atoms with Gasteiger partial charge in [-0.3, -0.25) is 14.5 Å². The summed E-state index contributed by atoms with van der Waals surface area (Å²) in [7, 11) is 0. The van der Waals surface area contributed by atoms with Crippen LogP contribution in [0.15, 0.2) is 41.5 Å². The number of hydrogen-bond donors (Lipinski definition) is 0. The molecule has 0 radical (unpaired) electrons. The van der Waals surface area contributed by atoms with E-state index in [1.165, 1.54) is 10.5 Å². The van der Waals surface area contributed by atoms with Gasteiger partial charge < -0.3 is 0 Å². The Kier molecular flexibility index (Phi) is 3.84. The molecule has 19 heavy (non-hydrogen) atoms. The summed E-state index contributed by atoms with van der Waals surface area (Å²) in [6, 6.07) is 10.1. The molecule has 0 spiro atoms. The molecule has 0 saturated carbocycles. The predicted molar refractivity (Wildman–Crippen MR) is 74.5 cm³/mol. The Morgan fingerprint density at radius 3 is 2.05 bits per heavy atom. The number of aryl methyl sites for hydroxylation is 1. The Morgan fingerprint density at radius 2 is 1.53 bits per heavy atom. The number of amides is 2. The van der Waals surface area contributed by atoms with E-state index in [0.717, 1.165) is 12.8 Å². The molecule has 2 amide bonds. The van der Waals surface area contributed by atoms with Gasteiger partial charge in [0.25, 0.3) is 11.8 Å². The second-order valence-corrected chi connectivity index (χ2v) is 5.10. The van der Waals surface area contributed by atoms with Crippen molar-refractivity contribution in [1.29, 1.82) is 0 Å². The second kappa shape index (κ2) is 5.39. The summed E-state index contributed by atoms with van der Waals surface area (Å²) < 4.78 is 0. The van der Waals surface area contributed by atoms with Crippen LogP contribution in [0.2, 0.25) is 0 Å². The molecule has 2 rings (SSSR count). The number of benzene rings is 1. The summed E-state index contributed by atoms with van der Waals surface area (Å²) in [5.41, 5.74) is 2.39. The molecule has 0 unspecified atom stereocenters. The molecule has 100 valence electrons. The highest BCUT2D eigenvalue weighted by Crippen LogP contribution is 2.23. The molecule has 0 bridgehead atoms. The SMILES string of the molecule is CC1=C(C)C(=O)N([C@@H](C)CCc2ccccc2)C1=O. The average molecular weight is 257 g/mol. The highest BCUT2D eigenvalue weighted by atomic mass is 16.2. The molecule has 1 heterocycles. The molecule has 0 aromatic heterocycles. The fraction of sp³-hybridized carbons (Fsp3) is 0.375. The van der Waals surface area contributed by atoms with Crippen LogP contribution >= 0.6 is 0 Å². The lowest BCUT2D eigenvalue weighted by Crippen LogP contribution is -2.39. The minimum absolute atomic E-state index is 0.0624. The van der Waals surface area contributed by atoms with E-state index in [9.17, 15) is 9.59 Å². The van der Waals surface area contributed by atoms with Gasteiger partial charge in [0, 0.05) is 17.2 Å². The van der Waals surface area contributed by atoms with Crippen molar-refractivity contribution in [2.24, 2.45) is 0 Å². The maximum Gasteiger partial charge on any atom is 0.257 e. The lowest BCUT2D eigenvalue weighted by atomic mass is 10.1. The van der Waals surface area contributed by atoms with Crippen molar-refractivity contribution < 1.29 is 9.59 Å². The number of hydrogen-bond acceptors (Lipinski definition) is 2. The summed E-state index contributed by atoms with van der Waals surface area (Å²) >= 11 is 0. The fourth-order valence-electron chi connectivity index (χ4n) is 2.32. The van der Waals surface area contributed by atoms with Crippen LogP contribution in [0.1, 0.15) is 32.8 Å². The van der Waals surface area contributed by atoms with Crippen molar-refractivity contribution in [3.63, 3.8) is 0 Å². The Morgan fingerprint density at radius 1 is 1.00 bits per heavy atom. The van der Waals surface area contributed by atoms with Crippen molar-refractivity contribution in [3.05, 3.63) is 47.0 Å². The van der Waals surface area contributed by atoms with E-state index < -0.39 is 0 Å². The van der Waals surface area contributed by atoms with Crippen LogP contribution in [-0.4, -0.2) is 22.8 Å². The minimum atomic E-state index is -0.136. The monoisotopic (exact) mass is 257 g/mol. The Bertz CT molecular complexity index is 507. The highest BCUT2D eigenvalue weighted by molar-refractivity contribution is 6.18. The topological polar surface area (TPSA) is 37.4 Å². The molecule has 1 aliphatic heterocycles. The summed E-state index contributed by atoms with van der Waals surface area (Å²) in [4.78, 5) is 25.4. The van der Waals surface area contributed by atoms with Gasteiger partial charge in [0.05, 0.1) is 0 Å². The molecule has 0 N–H and O–H groups in total. The van der Waals surface area contributed by atoms with Gasteiger partial charge in [-0.1, -0.05) is 30.3 Å². The van der Waals surface area contributed by atoms with Crippen LogP contribution in [0.25, 0.3) is 0 Å². The first kappa shape index (κ1) is 13.5. The summed E-state index contributed by atoms with van der Waals surface area (Å²) in [5, 5.41) is 0. The normalized spacial score (nSPS) is 17.3. The van der Waals surface area contributed by atoms with E-state index >= 15 is 0 Å². The summed E-state index contributed by atoms with van der Waals surface area (Å²) in [6.07, 6.45) is 1.67. The number of nitrogens with zero attached hydrogens (tertiary/aromatic N) is 1. The molecular weight excluding hydrogens is 238 g/mol. The smallest absolute Gasteiger partial charge is 0.257 e. The molecule has 1 atom stereocenters. The van der Waals surface area contributed by atoms with Gasteiger partial charge in [0.2, 0.25) is 0 Å². The summed E-state index contributed by atoms with van der Waals surface area (Å²) in [5.74, 6) is -0.272. The van der Waals surface area contributed by atoms with E-state index in [1.807, 2.05) is 25.1 Å². The van der Waals surface area contributed by atoms with Crippen LogP contribution in [0.4, 0.5) is 0 Å². The van der Waals surface area contributed by atoms with Crippen molar-refractivity contribution in [1.82, 2.24) is 4.90 Å². The first-order valence-corrected chi connectivity index (χ1v) is 6.61. The van der Waals surface area contributed by atoms with Gasteiger partial charge in [0.15, 0.2) is 0 Å². The van der Waals surface area contributed by atoms with Crippen molar-refractivity contribution in [2.75, 3.05) is 0 Å². The van der Waals surface area contributed by atoms with E-state index in [1.54, 1.807) is 13.8 Å². The van der Waals surface area contributed by atoms with Crippen LogP contribution in [0.5, 0.6) is 0 Å². The fourth-order valence-corrected chi connectivity index (χ4v) is 2.32. The minimum Gasteiger partial charge on any atom is -0.272 e. The van der Waals surface area contributed by atoms with Crippen molar-refractivity contribution in [3.8, 4) is 0 Å². The predicted octanol–water partition coefficient (Wildman–Crippen LogP) is 2.71. The first-order valence-electron chi connectivity index (χ1n) is 6.61. The van der Waals surface area contributed by atoms with Crippen LogP contribution < -0.4 is 0 Å². The second-order valence-electron chi connectivity index (χ2n) is 5.10. The quantitative estimate of drug-likeness (QED) is 0.778. The van der Waals surface area contributed by atoms with Crippen molar-refractivity contribution >= 4 is 11.8 Å². The third kappa shape index (κ3) is 2.60. The van der Waals surface area contributed by atoms with E-state index in [-0.39, 0.29) is 17.9 Å². The van der Waals surface area contributed by atoms with Gasteiger partial charge in [-0.15, -0.1) is 0 Å². The average Bonchev–Trinajstić information content (AvgIpc) is 2.62. The zero-order valence-corrected chi connectivity index (χ0v) is 11.6. The van der Waals surface area contributed by atoms with Crippen LogP contribution in [-0.2, 0) is 16.0 Å². The van der Waals surface area contributed by atoms with Crippen LogP contribution in [0.3, 0.4) is 0 Å². The molecular formula is C16H19NO2. The molecule has 1 aliphatic rings. The van der Waals surface area contributed by atoms with Gasteiger partial charge >= 0.3 is 0 Å². The third-order valence-corrected chi connectivity index (χ3v) is 3.78. The maximum absolute atomic E-state index is 12.0. The number of rotatable bonds is 4. The van der Waals surface area contributed by atoms with E-state index in [0.29, 0.717) is 11.1 Å². The summed E-state index contributed by atoms with van der Waals surface area (Å²) in [6.45, 7) is 5.38. The van der Waals surface area contributed by atoms with Gasteiger partial charge in [-0.25, -0.2) is 0 Å². The molecule has 0 aliphatic carbocycles. The Hall–Kier alpha value is -1.90. The number of imide groups is 1. The Labute approximate surface area is 113 Å². The molecule has 3 nitrogen and oxygen atoms in total. The maximum atomic E-state index is 12.0. The molecule has 0 fully saturated rings. The van der Waals surface area contributed by atoms with E-state index in [2.05, 4.69) is 12.1 Å².